The summed E-state index contributed by atoms with van der Waals surface area (Å²) in [6.07, 6.45) is 1.56. The van der Waals surface area contributed by atoms with Crippen molar-refractivity contribution in [3.63, 3.8) is 0 Å². The van der Waals surface area contributed by atoms with Crippen LogP contribution in [0.5, 0.6) is 0 Å². The molecule has 100 valence electrons. The molecule has 1 aromatic heterocycles. The standard InChI is InChI=1S/C11H13N5O2S/c12-8-3-4-10(11(6-8)19(13,17)18)14-7-9-2-1-5-15-16-9/h1-6,14H,7,12H2,(H2,13,17,18). The van der Waals surface area contributed by atoms with E-state index in [0.717, 1.165) is 0 Å². The lowest BCUT2D eigenvalue weighted by molar-refractivity contribution is 0.598. The van der Waals surface area contributed by atoms with E-state index in [0.29, 0.717) is 23.6 Å². The molecular weight excluding hydrogens is 266 g/mol. The predicted molar refractivity (Wildman–Crippen MR) is 71.6 cm³/mol. The fraction of sp³-hybridized carbons (Fsp3) is 0.0909. The third-order valence-electron chi connectivity index (χ3n) is 2.40. The van der Waals surface area contributed by atoms with Crippen molar-refractivity contribution in [1.82, 2.24) is 10.2 Å². The van der Waals surface area contributed by atoms with E-state index in [2.05, 4.69) is 15.5 Å². The lowest BCUT2D eigenvalue weighted by atomic mass is 10.2. The minimum absolute atomic E-state index is 0.0450. The Morgan fingerprint density at radius 2 is 2.05 bits per heavy atom. The Morgan fingerprint density at radius 1 is 1.26 bits per heavy atom. The molecule has 2 rings (SSSR count). The molecule has 0 atom stereocenters. The maximum absolute atomic E-state index is 11.5. The van der Waals surface area contributed by atoms with Gasteiger partial charge in [0.05, 0.1) is 17.9 Å². The van der Waals surface area contributed by atoms with Crippen molar-refractivity contribution in [3.05, 3.63) is 42.2 Å². The molecule has 7 nitrogen and oxygen atoms in total. The van der Waals surface area contributed by atoms with Crippen molar-refractivity contribution in [2.45, 2.75) is 11.4 Å². The molecule has 2 aromatic rings. The van der Waals surface area contributed by atoms with Gasteiger partial charge in [-0.15, -0.1) is 0 Å². The molecule has 0 unspecified atom stereocenters. The van der Waals surface area contributed by atoms with Gasteiger partial charge >= 0.3 is 0 Å². The molecule has 0 aliphatic heterocycles. The first kappa shape index (κ1) is 13.2. The van der Waals surface area contributed by atoms with Gasteiger partial charge < -0.3 is 11.1 Å². The number of benzene rings is 1. The molecule has 8 heteroatoms. The molecular formula is C11H13N5O2S. The van der Waals surface area contributed by atoms with Crippen molar-refractivity contribution < 1.29 is 8.42 Å². The van der Waals surface area contributed by atoms with Crippen LogP contribution in [0.15, 0.2) is 41.4 Å². The van der Waals surface area contributed by atoms with E-state index in [9.17, 15) is 8.42 Å². The molecule has 5 N–H and O–H groups in total. The van der Waals surface area contributed by atoms with Gasteiger partial charge in [-0.1, -0.05) is 0 Å². The van der Waals surface area contributed by atoms with Gasteiger partial charge in [-0.2, -0.15) is 10.2 Å². The van der Waals surface area contributed by atoms with Crippen LogP contribution in [0.1, 0.15) is 5.69 Å². The summed E-state index contributed by atoms with van der Waals surface area (Å²) in [6.45, 7) is 0.334. The second kappa shape index (κ2) is 5.21. The van der Waals surface area contributed by atoms with Crippen LogP contribution in [0, 0.1) is 0 Å². The number of primary sulfonamides is 1. The van der Waals surface area contributed by atoms with Crippen molar-refractivity contribution in [1.29, 1.82) is 0 Å². The normalized spacial score (nSPS) is 11.2. The molecule has 1 aromatic carbocycles. The first-order valence-electron chi connectivity index (χ1n) is 5.39. The largest absolute Gasteiger partial charge is 0.399 e. The van der Waals surface area contributed by atoms with Crippen LogP contribution in [0.25, 0.3) is 0 Å². The minimum atomic E-state index is -3.84. The van der Waals surface area contributed by atoms with Gasteiger partial charge in [0.1, 0.15) is 4.90 Å². The van der Waals surface area contributed by atoms with E-state index in [1.54, 1.807) is 30.5 Å². The smallest absolute Gasteiger partial charge is 0.240 e. The molecule has 0 radical (unpaired) electrons. The number of rotatable bonds is 4. The van der Waals surface area contributed by atoms with E-state index in [-0.39, 0.29) is 4.90 Å². The Labute approximate surface area is 110 Å². The number of sulfonamides is 1. The number of nitrogen functional groups attached to an aromatic ring is 1. The predicted octanol–water partition coefficient (Wildman–Crippen LogP) is 0.318. The molecule has 0 aliphatic carbocycles. The maximum Gasteiger partial charge on any atom is 0.240 e. The second-order valence-electron chi connectivity index (χ2n) is 3.87. The molecule has 0 bridgehead atoms. The monoisotopic (exact) mass is 279 g/mol. The van der Waals surface area contributed by atoms with Gasteiger partial charge in [0.2, 0.25) is 10.0 Å². The van der Waals surface area contributed by atoms with Gasteiger partial charge in [0.15, 0.2) is 0 Å². The summed E-state index contributed by atoms with van der Waals surface area (Å²) in [5.41, 5.74) is 6.95. The Hall–Kier alpha value is -2.19. The van der Waals surface area contributed by atoms with E-state index >= 15 is 0 Å². The number of nitrogens with zero attached hydrogens (tertiary/aromatic N) is 2. The highest BCUT2D eigenvalue weighted by Crippen LogP contribution is 2.23. The van der Waals surface area contributed by atoms with Crippen LogP contribution in [-0.4, -0.2) is 18.6 Å². The van der Waals surface area contributed by atoms with E-state index in [4.69, 9.17) is 10.9 Å². The lowest BCUT2D eigenvalue weighted by Gasteiger charge is -2.10. The highest BCUT2D eigenvalue weighted by atomic mass is 32.2. The zero-order valence-electron chi connectivity index (χ0n) is 9.95. The summed E-state index contributed by atoms with van der Waals surface area (Å²) in [4.78, 5) is -0.0450. The highest BCUT2D eigenvalue weighted by molar-refractivity contribution is 7.89. The molecule has 0 fully saturated rings. The first-order chi connectivity index (χ1) is 8.97. The number of aromatic nitrogens is 2. The summed E-state index contributed by atoms with van der Waals surface area (Å²) in [5, 5.41) is 15.7. The van der Waals surface area contributed by atoms with Crippen molar-refractivity contribution >= 4 is 21.4 Å². The third kappa shape index (κ3) is 3.39. The minimum Gasteiger partial charge on any atom is -0.399 e. The number of nitrogens with one attached hydrogen (secondary N) is 1. The summed E-state index contributed by atoms with van der Waals surface area (Å²) in [6, 6.07) is 7.98. The quantitative estimate of drug-likeness (QED) is 0.692. The fourth-order valence-corrected chi connectivity index (χ4v) is 2.28. The number of nitrogens with two attached hydrogens (primary N) is 2. The van der Waals surface area contributed by atoms with Gasteiger partial charge in [0, 0.05) is 11.9 Å². The van der Waals surface area contributed by atoms with Crippen LogP contribution in [0.4, 0.5) is 11.4 Å². The van der Waals surface area contributed by atoms with Crippen LogP contribution in [0.2, 0.25) is 0 Å². The first-order valence-corrected chi connectivity index (χ1v) is 6.94. The van der Waals surface area contributed by atoms with Crippen LogP contribution in [0.3, 0.4) is 0 Å². The van der Waals surface area contributed by atoms with Gasteiger partial charge in [0.25, 0.3) is 0 Å². The molecule has 0 saturated heterocycles. The molecule has 0 aliphatic rings. The average molecular weight is 279 g/mol. The zero-order chi connectivity index (χ0) is 13.9. The summed E-state index contributed by atoms with van der Waals surface area (Å²) in [5.74, 6) is 0. The van der Waals surface area contributed by atoms with Gasteiger partial charge in [-0.05, 0) is 30.3 Å². The SMILES string of the molecule is Nc1ccc(NCc2cccnn2)c(S(N)(=O)=O)c1. The Kier molecular flexibility index (Phi) is 3.63. The maximum atomic E-state index is 11.5. The topological polar surface area (TPSA) is 124 Å². The Balaban J connectivity index is 2.26. The van der Waals surface area contributed by atoms with Crippen molar-refractivity contribution in [2.24, 2.45) is 5.14 Å². The van der Waals surface area contributed by atoms with E-state index in [1.807, 2.05) is 0 Å². The summed E-state index contributed by atoms with van der Waals surface area (Å²) >= 11 is 0. The Morgan fingerprint density at radius 3 is 2.68 bits per heavy atom. The van der Waals surface area contributed by atoms with E-state index in [1.165, 1.54) is 6.07 Å². The van der Waals surface area contributed by atoms with Crippen LogP contribution in [-0.2, 0) is 16.6 Å². The second-order valence-corrected chi connectivity index (χ2v) is 5.40. The zero-order valence-corrected chi connectivity index (χ0v) is 10.8. The molecule has 0 spiro atoms. The lowest BCUT2D eigenvalue weighted by Crippen LogP contribution is -2.15. The average Bonchev–Trinajstić information content (AvgIpc) is 2.37. The number of hydrogen-bond donors (Lipinski definition) is 3. The number of hydrogen-bond acceptors (Lipinski definition) is 6. The summed E-state index contributed by atoms with van der Waals surface area (Å²) in [7, 11) is -3.84. The summed E-state index contributed by atoms with van der Waals surface area (Å²) < 4.78 is 22.9. The highest BCUT2D eigenvalue weighted by Gasteiger charge is 2.14. The number of anilines is 2. The van der Waals surface area contributed by atoms with Crippen LogP contribution < -0.4 is 16.2 Å². The van der Waals surface area contributed by atoms with Crippen molar-refractivity contribution in [2.75, 3.05) is 11.1 Å². The molecule has 19 heavy (non-hydrogen) atoms. The fourth-order valence-electron chi connectivity index (χ4n) is 1.53. The molecule has 0 amide bonds. The van der Waals surface area contributed by atoms with Crippen molar-refractivity contribution in [3.8, 4) is 0 Å². The molecule has 1 heterocycles. The van der Waals surface area contributed by atoms with Gasteiger partial charge in [-0.25, -0.2) is 13.6 Å². The van der Waals surface area contributed by atoms with Crippen LogP contribution >= 0.6 is 0 Å². The third-order valence-corrected chi connectivity index (χ3v) is 3.35. The van der Waals surface area contributed by atoms with Gasteiger partial charge in [-0.3, -0.25) is 0 Å². The van der Waals surface area contributed by atoms with E-state index < -0.39 is 10.0 Å². The molecule has 0 saturated carbocycles. The Bertz CT molecular complexity index is 673.